The highest BCUT2D eigenvalue weighted by atomic mass is 32.1. The van der Waals surface area contributed by atoms with Gasteiger partial charge in [-0.05, 0) is 34.0 Å². The summed E-state index contributed by atoms with van der Waals surface area (Å²) in [4.78, 5) is 20.2. The molecular formula is C46H28N4S. The maximum absolute atomic E-state index is 5.44. The van der Waals surface area contributed by atoms with Crippen LogP contribution >= 0.6 is 11.3 Å². The lowest BCUT2D eigenvalue weighted by Gasteiger charge is -2.12. The van der Waals surface area contributed by atoms with Gasteiger partial charge in [0.1, 0.15) is 0 Å². The molecule has 0 unspecified atom stereocenters. The van der Waals surface area contributed by atoms with Crippen LogP contribution in [0.25, 0.3) is 98.4 Å². The molecule has 3 heterocycles. The molecule has 0 amide bonds. The van der Waals surface area contributed by atoms with Crippen molar-refractivity contribution in [3.8, 4) is 56.5 Å². The first-order valence-electron chi connectivity index (χ1n) is 17.0. The van der Waals surface area contributed by atoms with Crippen molar-refractivity contribution in [1.29, 1.82) is 0 Å². The monoisotopic (exact) mass is 668 g/mol. The second-order valence-corrected chi connectivity index (χ2v) is 13.7. The Morgan fingerprint density at radius 1 is 0.373 bits per heavy atom. The molecule has 10 rings (SSSR count). The van der Waals surface area contributed by atoms with E-state index in [-0.39, 0.29) is 0 Å². The standard InChI is InChI=1S/C46H28N4S/c1-3-13-31(14-4-1)44-48-45(32-15-5-2-6-16-32)50-46(49-44)33-24-22-30(23-25-33)42-41-38-19-9-10-21-40(38)51-43(41)37-27-26-34(28-39(37)47-42)36-20-11-17-29-12-7-8-18-35(29)36/h1-28H. The van der Waals surface area contributed by atoms with Crippen LogP contribution in [0.15, 0.2) is 170 Å². The van der Waals surface area contributed by atoms with Gasteiger partial charge < -0.3 is 0 Å². The smallest absolute Gasteiger partial charge is 0.164 e. The molecule has 0 spiro atoms. The summed E-state index contributed by atoms with van der Waals surface area (Å²) in [6.45, 7) is 0. The van der Waals surface area contributed by atoms with Crippen molar-refractivity contribution in [2.24, 2.45) is 0 Å². The third-order valence-corrected chi connectivity index (χ3v) is 10.7. The van der Waals surface area contributed by atoms with E-state index in [1.165, 1.54) is 41.9 Å². The molecule has 0 aliphatic heterocycles. The molecule has 4 nitrogen and oxygen atoms in total. The van der Waals surface area contributed by atoms with E-state index in [0.717, 1.165) is 39.0 Å². The number of hydrogen-bond acceptors (Lipinski definition) is 5. The maximum Gasteiger partial charge on any atom is 0.164 e. The van der Waals surface area contributed by atoms with Crippen LogP contribution in [-0.4, -0.2) is 19.9 Å². The van der Waals surface area contributed by atoms with Crippen molar-refractivity contribution in [1.82, 2.24) is 19.9 Å². The van der Waals surface area contributed by atoms with Crippen LogP contribution < -0.4 is 0 Å². The van der Waals surface area contributed by atoms with Crippen molar-refractivity contribution in [3.05, 3.63) is 170 Å². The largest absolute Gasteiger partial charge is 0.247 e. The zero-order chi connectivity index (χ0) is 33.7. The molecule has 10 aromatic rings. The first-order chi connectivity index (χ1) is 25.3. The van der Waals surface area contributed by atoms with E-state index in [1.54, 1.807) is 0 Å². The van der Waals surface area contributed by atoms with Crippen molar-refractivity contribution in [3.63, 3.8) is 0 Å². The molecule has 5 heteroatoms. The van der Waals surface area contributed by atoms with Gasteiger partial charge in [-0.1, -0.05) is 158 Å². The molecule has 3 aromatic heterocycles. The normalized spacial score (nSPS) is 11.5. The van der Waals surface area contributed by atoms with Gasteiger partial charge >= 0.3 is 0 Å². The molecule has 0 bridgehead atoms. The predicted octanol–water partition coefficient (Wildman–Crippen LogP) is 12.3. The molecule has 0 radical (unpaired) electrons. The summed E-state index contributed by atoms with van der Waals surface area (Å²) in [7, 11) is 0. The zero-order valence-electron chi connectivity index (χ0n) is 27.4. The van der Waals surface area contributed by atoms with Gasteiger partial charge in [0.25, 0.3) is 0 Å². The van der Waals surface area contributed by atoms with E-state index in [1.807, 2.05) is 72.0 Å². The van der Waals surface area contributed by atoms with Gasteiger partial charge in [0, 0.05) is 47.8 Å². The van der Waals surface area contributed by atoms with Crippen LogP contribution in [0, 0.1) is 0 Å². The summed E-state index contributed by atoms with van der Waals surface area (Å²) in [5.74, 6) is 1.92. The van der Waals surface area contributed by atoms with Gasteiger partial charge in [-0.15, -0.1) is 11.3 Å². The quantitative estimate of drug-likeness (QED) is 0.183. The average Bonchev–Trinajstić information content (AvgIpc) is 3.61. The number of pyridine rings is 1. The van der Waals surface area contributed by atoms with Gasteiger partial charge in [0.15, 0.2) is 17.5 Å². The van der Waals surface area contributed by atoms with Crippen LogP contribution in [0.2, 0.25) is 0 Å². The first-order valence-corrected chi connectivity index (χ1v) is 17.8. The second-order valence-electron chi connectivity index (χ2n) is 12.6. The van der Waals surface area contributed by atoms with Crippen molar-refractivity contribution < 1.29 is 0 Å². The highest BCUT2D eigenvalue weighted by Crippen LogP contribution is 2.44. The fourth-order valence-corrected chi connectivity index (χ4v) is 8.27. The number of thiophene rings is 1. The van der Waals surface area contributed by atoms with Gasteiger partial charge in [0.2, 0.25) is 0 Å². The summed E-state index contributed by atoms with van der Waals surface area (Å²) in [5, 5.41) is 6.05. The number of aromatic nitrogens is 4. The van der Waals surface area contributed by atoms with Gasteiger partial charge in [-0.2, -0.15) is 0 Å². The highest BCUT2D eigenvalue weighted by Gasteiger charge is 2.18. The number of nitrogens with zero attached hydrogens (tertiary/aromatic N) is 4. The fourth-order valence-electron chi connectivity index (χ4n) is 7.03. The lowest BCUT2D eigenvalue weighted by molar-refractivity contribution is 1.07. The lowest BCUT2D eigenvalue weighted by atomic mass is 9.96. The Kier molecular flexibility index (Phi) is 6.96. The third kappa shape index (κ3) is 5.14. The molecular weight excluding hydrogens is 641 g/mol. The van der Waals surface area contributed by atoms with E-state index in [0.29, 0.717) is 17.5 Å². The van der Waals surface area contributed by atoms with E-state index in [4.69, 9.17) is 19.9 Å². The van der Waals surface area contributed by atoms with E-state index in [2.05, 4.69) is 109 Å². The fraction of sp³-hybridized carbons (Fsp3) is 0. The topological polar surface area (TPSA) is 51.6 Å². The van der Waals surface area contributed by atoms with Crippen molar-refractivity contribution in [2.45, 2.75) is 0 Å². The van der Waals surface area contributed by atoms with Gasteiger partial charge in [-0.3, -0.25) is 0 Å². The van der Waals surface area contributed by atoms with Crippen molar-refractivity contribution in [2.75, 3.05) is 0 Å². The summed E-state index contributed by atoms with van der Waals surface area (Å²) < 4.78 is 2.51. The minimum absolute atomic E-state index is 0.631. The second kappa shape index (κ2) is 12.1. The number of hydrogen-bond donors (Lipinski definition) is 0. The number of fused-ring (bicyclic) bond motifs is 6. The molecule has 0 saturated heterocycles. The SMILES string of the molecule is c1ccc(-c2nc(-c3ccccc3)nc(-c3ccc(-c4nc5cc(-c6cccc7ccccc67)ccc5c5sc6ccccc6c45)cc3)n2)cc1. The summed E-state index contributed by atoms with van der Waals surface area (Å²) >= 11 is 1.84. The van der Waals surface area contributed by atoms with E-state index in [9.17, 15) is 0 Å². The molecule has 0 saturated carbocycles. The minimum Gasteiger partial charge on any atom is -0.247 e. The van der Waals surface area contributed by atoms with Crippen LogP contribution in [0.3, 0.4) is 0 Å². The Hall–Kier alpha value is -6.56. The summed E-state index contributed by atoms with van der Waals surface area (Å²) in [5.41, 5.74) is 8.19. The van der Waals surface area contributed by atoms with Gasteiger partial charge in [-0.25, -0.2) is 19.9 Å². The Morgan fingerprint density at radius 3 is 1.63 bits per heavy atom. The molecule has 0 aliphatic rings. The Bertz CT molecular complexity index is 2840. The maximum atomic E-state index is 5.44. The van der Waals surface area contributed by atoms with E-state index >= 15 is 0 Å². The molecule has 7 aromatic carbocycles. The molecule has 0 N–H and O–H groups in total. The highest BCUT2D eigenvalue weighted by molar-refractivity contribution is 7.26. The van der Waals surface area contributed by atoms with Gasteiger partial charge in [0.05, 0.1) is 11.2 Å². The minimum atomic E-state index is 0.631. The Balaban J connectivity index is 1.14. The third-order valence-electron chi connectivity index (χ3n) is 9.52. The zero-order valence-corrected chi connectivity index (χ0v) is 28.2. The first kappa shape index (κ1) is 29.4. The molecule has 0 atom stereocenters. The van der Waals surface area contributed by atoms with E-state index < -0.39 is 0 Å². The van der Waals surface area contributed by atoms with Crippen LogP contribution in [0.5, 0.6) is 0 Å². The molecule has 0 aliphatic carbocycles. The predicted molar refractivity (Wildman–Crippen MR) is 213 cm³/mol. The molecule has 51 heavy (non-hydrogen) atoms. The Labute approximate surface area is 298 Å². The number of benzene rings is 7. The lowest BCUT2D eigenvalue weighted by Crippen LogP contribution is -2.00. The van der Waals surface area contributed by atoms with Crippen LogP contribution in [0.4, 0.5) is 0 Å². The van der Waals surface area contributed by atoms with Crippen molar-refractivity contribution >= 4 is 53.2 Å². The summed E-state index contributed by atoms with van der Waals surface area (Å²) in [6, 6.07) is 59.1. The van der Waals surface area contributed by atoms with Crippen LogP contribution in [-0.2, 0) is 0 Å². The molecule has 0 fully saturated rings. The average molecular weight is 669 g/mol. The number of rotatable bonds is 5. The Morgan fingerprint density at radius 2 is 0.922 bits per heavy atom. The van der Waals surface area contributed by atoms with Crippen LogP contribution in [0.1, 0.15) is 0 Å². The molecule has 238 valence electrons. The summed E-state index contributed by atoms with van der Waals surface area (Å²) in [6.07, 6.45) is 0.